The molecule has 0 saturated heterocycles. The van der Waals surface area contributed by atoms with E-state index in [1.54, 1.807) is 6.92 Å². The van der Waals surface area contributed by atoms with Gasteiger partial charge in [0, 0.05) is 19.8 Å². The van der Waals surface area contributed by atoms with E-state index in [4.69, 9.17) is 0 Å². The van der Waals surface area contributed by atoms with E-state index in [1.165, 1.54) is 19.3 Å². The second-order valence-electron chi connectivity index (χ2n) is 3.50. The van der Waals surface area contributed by atoms with Crippen molar-refractivity contribution in [2.75, 3.05) is 20.1 Å². The Hall–Kier alpha value is -1.54. The summed E-state index contributed by atoms with van der Waals surface area (Å²) in [4.78, 5) is 14.8. The first-order valence-corrected chi connectivity index (χ1v) is 6.67. The highest BCUT2D eigenvalue weighted by Gasteiger charge is 2.27. The van der Waals surface area contributed by atoms with Crippen molar-refractivity contribution < 1.29 is 17.6 Å². The Morgan fingerprint density at radius 3 is 2.78 bits per heavy atom. The molecule has 1 N–H and O–H groups in total. The molecule has 1 rings (SSSR count). The van der Waals surface area contributed by atoms with Crippen LogP contribution in [-0.2, 0) is 14.8 Å². The largest absolute Gasteiger partial charge is 0.355 e. The number of carbonyl (C=O) groups is 1. The van der Waals surface area contributed by atoms with Gasteiger partial charge >= 0.3 is 0 Å². The number of sulfonamides is 1. The van der Waals surface area contributed by atoms with E-state index in [0.29, 0.717) is 6.54 Å². The number of halogens is 1. The third kappa shape index (κ3) is 3.23. The van der Waals surface area contributed by atoms with Crippen molar-refractivity contribution in [3.8, 4) is 0 Å². The highest BCUT2D eigenvalue weighted by atomic mass is 32.2. The van der Waals surface area contributed by atoms with Crippen LogP contribution in [0.15, 0.2) is 23.4 Å². The van der Waals surface area contributed by atoms with Crippen molar-refractivity contribution in [2.45, 2.75) is 11.9 Å². The Kier molecular flexibility index (Phi) is 4.74. The molecular weight excluding hydrogens is 261 g/mol. The van der Waals surface area contributed by atoms with Crippen molar-refractivity contribution in [1.29, 1.82) is 0 Å². The van der Waals surface area contributed by atoms with Crippen LogP contribution >= 0.6 is 0 Å². The normalized spacial score (nSPS) is 11.6. The van der Waals surface area contributed by atoms with E-state index in [1.807, 2.05) is 0 Å². The van der Waals surface area contributed by atoms with Crippen LogP contribution in [0.3, 0.4) is 0 Å². The molecule has 0 radical (unpaired) electrons. The molecule has 1 aromatic heterocycles. The van der Waals surface area contributed by atoms with Gasteiger partial charge in [0.05, 0.1) is 6.54 Å². The van der Waals surface area contributed by atoms with Gasteiger partial charge in [-0.05, 0) is 19.1 Å². The summed E-state index contributed by atoms with van der Waals surface area (Å²) >= 11 is 0. The molecule has 8 heteroatoms. The van der Waals surface area contributed by atoms with Gasteiger partial charge in [0.15, 0.2) is 5.82 Å². The molecule has 1 amide bonds. The smallest absolute Gasteiger partial charge is 0.263 e. The summed E-state index contributed by atoms with van der Waals surface area (Å²) in [5.74, 6) is -1.40. The molecule has 0 unspecified atom stereocenters. The summed E-state index contributed by atoms with van der Waals surface area (Å²) in [5.41, 5.74) is 0. The Morgan fingerprint density at radius 2 is 2.22 bits per heavy atom. The van der Waals surface area contributed by atoms with E-state index < -0.39 is 26.8 Å². The van der Waals surface area contributed by atoms with Crippen LogP contribution < -0.4 is 5.32 Å². The van der Waals surface area contributed by atoms with E-state index in [-0.39, 0.29) is 6.54 Å². The second kappa shape index (κ2) is 5.87. The molecule has 100 valence electrons. The lowest BCUT2D eigenvalue weighted by Gasteiger charge is -2.16. The molecule has 0 aliphatic rings. The lowest BCUT2D eigenvalue weighted by atomic mass is 10.5. The average Bonchev–Trinajstić information content (AvgIpc) is 2.29. The monoisotopic (exact) mass is 275 g/mol. The molecule has 0 atom stereocenters. The van der Waals surface area contributed by atoms with E-state index in [9.17, 15) is 17.6 Å². The van der Waals surface area contributed by atoms with Crippen LogP contribution in [0.1, 0.15) is 6.92 Å². The quantitative estimate of drug-likeness (QED) is 0.819. The number of carbonyl (C=O) groups excluding carboxylic acids is 1. The third-order valence-electron chi connectivity index (χ3n) is 2.12. The van der Waals surface area contributed by atoms with Gasteiger partial charge in [0.1, 0.15) is 0 Å². The molecule has 0 spiro atoms. The first kappa shape index (κ1) is 14.5. The summed E-state index contributed by atoms with van der Waals surface area (Å²) in [6.45, 7) is 1.72. The van der Waals surface area contributed by atoms with E-state index >= 15 is 0 Å². The van der Waals surface area contributed by atoms with Gasteiger partial charge in [0.2, 0.25) is 10.9 Å². The molecular formula is C10H14FN3O3S. The molecule has 0 aliphatic carbocycles. The van der Waals surface area contributed by atoms with Gasteiger partial charge in [0.25, 0.3) is 10.0 Å². The minimum atomic E-state index is -4.10. The number of aromatic nitrogens is 1. The number of pyridine rings is 1. The van der Waals surface area contributed by atoms with Gasteiger partial charge in [-0.25, -0.2) is 17.8 Å². The summed E-state index contributed by atoms with van der Waals surface area (Å²) in [5, 5.41) is 1.77. The highest BCUT2D eigenvalue weighted by molar-refractivity contribution is 7.89. The van der Waals surface area contributed by atoms with Gasteiger partial charge in [-0.2, -0.15) is 4.31 Å². The summed E-state index contributed by atoms with van der Waals surface area (Å²) in [7, 11) is -2.90. The van der Waals surface area contributed by atoms with Gasteiger partial charge in [-0.3, -0.25) is 4.79 Å². The fraction of sp³-hybridized carbons (Fsp3) is 0.400. The molecule has 0 fully saturated rings. The minimum absolute atomic E-state index is 0.383. The fourth-order valence-corrected chi connectivity index (χ4v) is 2.34. The highest BCUT2D eigenvalue weighted by Crippen LogP contribution is 2.14. The number of hydrogen-bond acceptors (Lipinski definition) is 4. The molecule has 6 nitrogen and oxygen atoms in total. The van der Waals surface area contributed by atoms with E-state index in [2.05, 4.69) is 10.3 Å². The predicted molar refractivity (Wildman–Crippen MR) is 62.7 cm³/mol. The molecule has 18 heavy (non-hydrogen) atoms. The molecule has 0 bridgehead atoms. The second-order valence-corrected chi connectivity index (χ2v) is 5.47. The van der Waals surface area contributed by atoms with Crippen LogP contribution in [0.5, 0.6) is 0 Å². The molecule has 1 aromatic rings. The number of nitrogens with zero attached hydrogens (tertiary/aromatic N) is 2. The van der Waals surface area contributed by atoms with Crippen LogP contribution in [0.4, 0.5) is 4.39 Å². The maximum Gasteiger partial charge on any atom is 0.263 e. The van der Waals surface area contributed by atoms with Gasteiger partial charge < -0.3 is 5.32 Å². The van der Waals surface area contributed by atoms with Crippen molar-refractivity contribution in [1.82, 2.24) is 14.6 Å². The topological polar surface area (TPSA) is 79.4 Å². The zero-order valence-electron chi connectivity index (χ0n) is 10.1. The third-order valence-corrected chi connectivity index (χ3v) is 3.86. The SMILES string of the molecule is CCNC(=O)CN(C)S(=O)(=O)c1ncccc1F. The number of amides is 1. The lowest BCUT2D eigenvalue weighted by Crippen LogP contribution is -2.38. The number of nitrogens with one attached hydrogen (secondary N) is 1. The number of hydrogen-bond donors (Lipinski definition) is 1. The van der Waals surface area contributed by atoms with Crippen molar-refractivity contribution >= 4 is 15.9 Å². The van der Waals surface area contributed by atoms with Crippen LogP contribution in [0, 0.1) is 5.82 Å². The van der Waals surface area contributed by atoms with Crippen molar-refractivity contribution in [3.05, 3.63) is 24.1 Å². The lowest BCUT2D eigenvalue weighted by molar-refractivity contribution is -0.121. The average molecular weight is 275 g/mol. The Balaban J connectivity index is 2.94. The fourth-order valence-electron chi connectivity index (χ4n) is 1.25. The van der Waals surface area contributed by atoms with Crippen LogP contribution in [0.2, 0.25) is 0 Å². The predicted octanol–water partition coefficient (Wildman–Crippen LogP) is -0.0227. The standard InChI is InChI=1S/C10H14FN3O3S/c1-3-12-9(15)7-14(2)18(16,17)10-8(11)5-4-6-13-10/h4-6H,3,7H2,1-2H3,(H,12,15). The summed E-state index contributed by atoms with van der Waals surface area (Å²) in [6, 6.07) is 2.29. The maximum absolute atomic E-state index is 13.4. The van der Waals surface area contributed by atoms with Crippen molar-refractivity contribution in [3.63, 3.8) is 0 Å². The Morgan fingerprint density at radius 1 is 1.56 bits per heavy atom. The molecule has 1 heterocycles. The van der Waals surface area contributed by atoms with Crippen LogP contribution in [0.25, 0.3) is 0 Å². The maximum atomic E-state index is 13.4. The minimum Gasteiger partial charge on any atom is -0.355 e. The van der Waals surface area contributed by atoms with Crippen molar-refractivity contribution in [2.24, 2.45) is 0 Å². The summed E-state index contributed by atoms with van der Waals surface area (Å²) in [6.07, 6.45) is 1.18. The van der Waals surface area contributed by atoms with E-state index in [0.717, 1.165) is 10.4 Å². The number of likely N-dealkylation sites (N-methyl/N-ethyl adjacent to an activating group) is 2. The zero-order chi connectivity index (χ0) is 13.8. The Bertz CT molecular complexity index is 533. The molecule has 0 saturated carbocycles. The molecule has 0 aromatic carbocycles. The van der Waals surface area contributed by atoms with Crippen LogP contribution in [-0.4, -0.2) is 43.8 Å². The first-order valence-electron chi connectivity index (χ1n) is 5.23. The van der Waals surface area contributed by atoms with Gasteiger partial charge in [-0.15, -0.1) is 0 Å². The zero-order valence-corrected chi connectivity index (χ0v) is 10.9. The Labute approximate surface area is 105 Å². The van der Waals surface area contributed by atoms with Gasteiger partial charge in [-0.1, -0.05) is 0 Å². The first-order chi connectivity index (χ1) is 8.39. The summed E-state index contributed by atoms with van der Waals surface area (Å²) < 4.78 is 38.0. The number of rotatable bonds is 5. The molecule has 0 aliphatic heterocycles.